The van der Waals surface area contributed by atoms with E-state index in [0.717, 1.165) is 38.5 Å². The second-order valence-electron chi connectivity index (χ2n) is 11.5. The fourth-order valence-electron chi connectivity index (χ4n) is 4.95. The largest absolute Gasteiger partial charge is 0.481 e. The highest BCUT2D eigenvalue weighted by Crippen LogP contribution is 2.26. The van der Waals surface area contributed by atoms with E-state index in [-0.39, 0.29) is 26.1 Å². The van der Waals surface area contributed by atoms with Crippen LogP contribution in [0.5, 0.6) is 5.75 Å². The summed E-state index contributed by atoms with van der Waals surface area (Å²) in [5.41, 5.74) is -1.91. The zero-order valence-electron chi connectivity index (χ0n) is 27.7. The summed E-state index contributed by atoms with van der Waals surface area (Å²) < 4.78 is 10.4. The van der Waals surface area contributed by atoms with Gasteiger partial charge < -0.3 is 30.1 Å². The van der Waals surface area contributed by atoms with Gasteiger partial charge in [-0.05, 0) is 50.3 Å². The van der Waals surface area contributed by atoms with E-state index in [4.69, 9.17) is 9.47 Å². The van der Waals surface area contributed by atoms with E-state index < -0.39 is 35.4 Å². The molecule has 0 radical (unpaired) electrons. The number of amides is 1. The average Bonchev–Trinajstić information content (AvgIpc) is 3.03. The molecule has 0 bridgehead atoms. The van der Waals surface area contributed by atoms with Crippen LogP contribution in [0.2, 0.25) is 0 Å². The molecule has 1 aromatic carbocycles. The van der Waals surface area contributed by atoms with Gasteiger partial charge >= 0.3 is 11.9 Å². The van der Waals surface area contributed by atoms with Crippen LogP contribution in [0.15, 0.2) is 36.4 Å². The molecule has 1 aromatic rings. The van der Waals surface area contributed by atoms with Gasteiger partial charge in [-0.25, -0.2) is 9.59 Å². The number of nitrogens with one attached hydrogen (secondary N) is 1. The van der Waals surface area contributed by atoms with Gasteiger partial charge in [0.1, 0.15) is 24.2 Å². The molecule has 256 valence electrons. The number of carboxylic acids is 2. The number of benzene rings is 1. The minimum atomic E-state index is -2.52. The number of unbranched alkanes of at least 4 members (excludes halogenated alkanes) is 8. The predicted octanol–water partition coefficient (Wildman–Crippen LogP) is 5.50. The van der Waals surface area contributed by atoms with Gasteiger partial charge in [0.05, 0.1) is 5.92 Å². The van der Waals surface area contributed by atoms with E-state index in [1.807, 2.05) is 0 Å². The molecule has 0 aliphatic rings. The molecule has 0 heterocycles. The number of aliphatic carboxylic acids is 2. The fourth-order valence-corrected chi connectivity index (χ4v) is 4.95. The Balaban J connectivity index is 2.81. The third-order valence-electron chi connectivity index (χ3n) is 7.78. The summed E-state index contributed by atoms with van der Waals surface area (Å²) in [7, 11) is 1.35. The van der Waals surface area contributed by atoms with Gasteiger partial charge in [0.2, 0.25) is 5.91 Å². The molecule has 10 nitrogen and oxygen atoms in total. The number of carboxylic acid groups (broad SMARTS) is 2. The first-order chi connectivity index (χ1) is 22.1. The van der Waals surface area contributed by atoms with Crippen molar-refractivity contribution in [1.29, 1.82) is 0 Å². The van der Waals surface area contributed by atoms with E-state index in [9.17, 15) is 34.5 Å². The van der Waals surface area contributed by atoms with Crippen LogP contribution in [0.4, 0.5) is 0 Å². The summed E-state index contributed by atoms with van der Waals surface area (Å²) in [6.07, 6.45) is 13.2. The Kier molecular flexibility index (Phi) is 20.7. The van der Waals surface area contributed by atoms with Gasteiger partial charge in [0.25, 0.3) is 0 Å². The highest BCUT2D eigenvalue weighted by Gasteiger charge is 2.47. The molecular weight excluding hydrogens is 590 g/mol. The number of ether oxygens (including phenoxy) is 2. The molecule has 3 atom stereocenters. The maximum absolute atomic E-state index is 13.4. The second kappa shape index (κ2) is 23.6. The van der Waals surface area contributed by atoms with Crippen molar-refractivity contribution in [3.63, 3.8) is 0 Å². The standard InChI is InChI=1S/C36H53NO9/c1-4-6-8-11-14-17-29(38)18-15-12-9-10-13-16-19-31(36(44,35(42)43)24-26-45-3)33(39)37-32(34(40)41)27-28-20-22-30(23-21-28)46-25-7-5-2/h16,19-23,31-32,44H,4,6,8-15,17-18,24-27H2,1-3H3,(H,37,39)(H,40,41)(H,42,43)/b19-16+/t31-,32+,36+/m1/s1. The number of methoxy groups -OCH3 is 1. The van der Waals surface area contributed by atoms with Crippen LogP contribution >= 0.6 is 0 Å². The van der Waals surface area contributed by atoms with Crippen molar-refractivity contribution in [2.45, 2.75) is 115 Å². The highest BCUT2D eigenvalue weighted by molar-refractivity contribution is 5.92. The molecule has 1 rings (SSSR count). The number of hydrogen-bond acceptors (Lipinski definition) is 7. The van der Waals surface area contributed by atoms with Crippen LogP contribution in [0.3, 0.4) is 0 Å². The fraction of sp³-hybridized carbons (Fsp3) is 0.611. The van der Waals surface area contributed by atoms with E-state index in [1.165, 1.54) is 32.4 Å². The monoisotopic (exact) mass is 643 g/mol. The molecule has 4 N–H and O–H groups in total. The number of Topliss-reactive ketones (excluding diaryl/α,β-unsaturated/α-hetero) is 1. The van der Waals surface area contributed by atoms with Crippen LogP contribution in [-0.2, 0) is 30.3 Å². The third-order valence-corrected chi connectivity index (χ3v) is 7.78. The van der Waals surface area contributed by atoms with Crippen molar-refractivity contribution in [1.82, 2.24) is 5.32 Å². The van der Waals surface area contributed by atoms with Crippen LogP contribution in [0.1, 0.15) is 103 Å². The Labute approximate surface area is 273 Å². The normalized spacial score (nSPS) is 13.7. The number of ketones is 1. The van der Waals surface area contributed by atoms with E-state index in [0.29, 0.717) is 36.4 Å². The number of allylic oxidation sites excluding steroid dienone is 1. The van der Waals surface area contributed by atoms with E-state index in [2.05, 4.69) is 24.1 Å². The molecule has 0 aliphatic heterocycles. The SMILES string of the molecule is CC#CCOc1ccc(C[C@H](NC(=O)[C@@H](/C=C/CCCCCCC(=O)CCCCCCC)[C@@](O)(CCOC)C(=O)O)C(=O)O)cc1. The zero-order chi connectivity index (χ0) is 34.2. The molecule has 1 amide bonds. The minimum Gasteiger partial charge on any atom is -0.481 e. The average molecular weight is 644 g/mol. The molecule has 46 heavy (non-hydrogen) atoms. The summed E-state index contributed by atoms with van der Waals surface area (Å²) in [6, 6.07) is 5.30. The van der Waals surface area contributed by atoms with Crippen molar-refractivity contribution in [3.05, 3.63) is 42.0 Å². The summed E-state index contributed by atoms with van der Waals surface area (Å²) >= 11 is 0. The Morgan fingerprint density at radius 2 is 1.59 bits per heavy atom. The van der Waals surface area contributed by atoms with Crippen LogP contribution < -0.4 is 10.1 Å². The topological polar surface area (TPSA) is 159 Å². The third kappa shape index (κ3) is 16.1. The van der Waals surface area contributed by atoms with Crippen LogP contribution in [0, 0.1) is 17.8 Å². The molecule has 0 aliphatic carbocycles. The zero-order valence-corrected chi connectivity index (χ0v) is 27.7. The summed E-state index contributed by atoms with van der Waals surface area (Å²) in [4.78, 5) is 49.8. The number of carbonyl (C=O) groups is 4. The molecule has 0 saturated heterocycles. The van der Waals surface area contributed by atoms with Gasteiger partial charge in [-0.15, -0.1) is 5.92 Å². The molecule has 0 unspecified atom stereocenters. The first kappa shape index (κ1) is 40.3. The highest BCUT2D eigenvalue weighted by atomic mass is 16.5. The predicted molar refractivity (Wildman–Crippen MR) is 176 cm³/mol. The lowest BCUT2D eigenvalue weighted by Crippen LogP contribution is -2.55. The summed E-state index contributed by atoms with van der Waals surface area (Å²) in [5.74, 6) is 0.965. The van der Waals surface area contributed by atoms with Crippen LogP contribution in [0.25, 0.3) is 0 Å². The van der Waals surface area contributed by atoms with Crippen molar-refractivity contribution >= 4 is 23.6 Å². The lowest BCUT2D eigenvalue weighted by atomic mass is 9.83. The lowest BCUT2D eigenvalue weighted by molar-refractivity contribution is -0.168. The van der Waals surface area contributed by atoms with Gasteiger partial charge in [0.15, 0.2) is 5.60 Å². The Hall–Kier alpha value is -3.68. The minimum absolute atomic E-state index is 0.0719. The maximum Gasteiger partial charge on any atom is 0.336 e. The van der Waals surface area contributed by atoms with Crippen molar-refractivity contribution < 1.29 is 44.0 Å². The maximum atomic E-state index is 13.4. The summed E-state index contributed by atoms with van der Waals surface area (Å²) in [6.45, 7) is 3.96. The van der Waals surface area contributed by atoms with E-state index in [1.54, 1.807) is 37.3 Å². The van der Waals surface area contributed by atoms with Crippen LogP contribution in [-0.4, -0.2) is 70.9 Å². The molecule has 0 saturated carbocycles. The Morgan fingerprint density at radius 1 is 0.957 bits per heavy atom. The van der Waals surface area contributed by atoms with Crippen molar-refractivity contribution in [3.8, 4) is 17.6 Å². The molecule has 0 spiro atoms. The number of aliphatic hydroxyl groups is 1. The number of carbonyl (C=O) groups excluding carboxylic acids is 2. The lowest BCUT2D eigenvalue weighted by Gasteiger charge is -2.30. The molecule has 0 fully saturated rings. The first-order valence-corrected chi connectivity index (χ1v) is 16.4. The Morgan fingerprint density at radius 3 is 2.15 bits per heavy atom. The molecule has 0 aromatic heterocycles. The Bertz CT molecular complexity index is 1150. The van der Waals surface area contributed by atoms with Gasteiger partial charge in [0, 0.05) is 39.4 Å². The van der Waals surface area contributed by atoms with Crippen molar-refractivity contribution in [2.24, 2.45) is 5.92 Å². The number of hydrogen-bond donors (Lipinski definition) is 4. The van der Waals surface area contributed by atoms with Gasteiger partial charge in [-0.3, -0.25) is 9.59 Å². The summed E-state index contributed by atoms with van der Waals surface area (Å²) in [5, 5.41) is 33.3. The van der Waals surface area contributed by atoms with Crippen molar-refractivity contribution in [2.75, 3.05) is 20.3 Å². The quantitative estimate of drug-likeness (QED) is 0.0581. The molecular formula is C36H53NO9. The molecule has 10 heteroatoms. The van der Waals surface area contributed by atoms with E-state index >= 15 is 0 Å². The van der Waals surface area contributed by atoms with Gasteiger partial charge in [-0.1, -0.05) is 75.7 Å². The number of rotatable bonds is 26. The first-order valence-electron chi connectivity index (χ1n) is 16.4. The smallest absolute Gasteiger partial charge is 0.336 e. The van der Waals surface area contributed by atoms with Gasteiger partial charge in [-0.2, -0.15) is 0 Å². The second-order valence-corrected chi connectivity index (χ2v) is 11.5.